The number of methoxy groups -OCH3 is 1. The lowest BCUT2D eigenvalue weighted by atomic mass is 10.5. The number of ether oxygens (including phenoxy) is 2. The van der Waals surface area contributed by atoms with Crippen LogP contribution in [0.3, 0.4) is 0 Å². The first-order valence-electron chi connectivity index (χ1n) is 4.69. The van der Waals surface area contributed by atoms with Gasteiger partial charge in [0.1, 0.15) is 6.54 Å². The molecule has 0 aromatic heterocycles. The predicted molar refractivity (Wildman–Crippen MR) is 48.8 cm³/mol. The molecule has 0 radical (unpaired) electrons. The van der Waals surface area contributed by atoms with Crippen LogP contribution in [0.4, 0.5) is 4.79 Å². The van der Waals surface area contributed by atoms with Crippen LogP contribution in [0.2, 0.25) is 0 Å². The van der Waals surface area contributed by atoms with Gasteiger partial charge in [-0.1, -0.05) is 0 Å². The lowest BCUT2D eigenvalue weighted by Crippen LogP contribution is -2.38. The summed E-state index contributed by atoms with van der Waals surface area (Å²) < 4.78 is 9.33. The standard InChI is InChI=1S/C9H15NO4/c1-3-14-8(11)6-10(7-4-5-7)9(12)13-2/h7H,3-6H2,1-2H3. The molecular weight excluding hydrogens is 186 g/mol. The molecule has 1 aliphatic rings. The van der Waals surface area contributed by atoms with Crippen molar-refractivity contribution in [3.8, 4) is 0 Å². The maximum absolute atomic E-state index is 11.2. The zero-order valence-corrected chi connectivity index (χ0v) is 8.49. The highest BCUT2D eigenvalue weighted by Crippen LogP contribution is 2.27. The summed E-state index contributed by atoms with van der Waals surface area (Å²) in [5.41, 5.74) is 0. The smallest absolute Gasteiger partial charge is 0.410 e. The van der Waals surface area contributed by atoms with E-state index in [-0.39, 0.29) is 18.6 Å². The van der Waals surface area contributed by atoms with E-state index in [9.17, 15) is 9.59 Å². The van der Waals surface area contributed by atoms with Crippen LogP contribution in [0, 0.1) is 0 Å². The SMILES string of the molecule is CCOC(=O)CN(C(=O)OC)C1CC1. The molecular formula is C9H15NO4. The molecule has 1 rings (SSSR count). The molecule has 0 aliphatic heterocycles. The highest BCUT2D eigenvalue weighted by molar-refractivity contribution is 5.78. The van der Waals surface area contributed by atoms with Crippen molar-refractivity contribution >= 4 is 12.1 Å². The lowest BCUT2D eigenvalue weighted by molar-refractivity contribution is -0.144. The van der Waals surface area contributed by atoms with Crippen molar-refractivity contribution in [2.24, 2.45) is 0 Å². The van der Waals surface area contributed by atoms with Gasteiger partial charge in [0.15, 0.2) is 0 Å². The molecule has 5 heteroatoms. The molecule has 1 aliphatic carbocycles. The zero-order valence-electron chi connectivity index (χ0n) is 8.49. The van der Waals surface area contributed by atoms with Gasteiger partial charge in [-0.3, -0.25) is 9.69 Å². The Balaban J connectivity index is 2.42. The second-order valence-corrected chi connectivity index (χ2v) is 3.13. The van der Waals surface area contributed by atoms with Gasteiger partial charge in [0.05, 0.1) is 13.7 Å². The highest BCUT2D eigenvalue weighted by Gasteiger charge is 2.34. The van der Waals surface area contributed by atoms with Gasteiger partial charge in [0.25, 0.3) is 0 Å². The Morgan fingerprint density at radius 1 is 1.43 bits per heavy atom. The number of carbonyl (C=O) groups excluding carboxylic acids is 2. The van der Waals surface area contributed by atoms with Gasteiger partial charge in [0.2, 0.25) is 0 Å². The van der Waals surface area contributed by atoms with Gasteiger partial charge in [-0.25, -0.2) is 4.79 Å². The van der Waals surface area contributed by atoms with Crippen LogP contribution in [0.1, 0.15) is 19.8 Å². The minimum atomic E-state index is -0.458. The summed E-state index contributed by atoms with van der Waals surface area (Å²) in [6, 6.07) is 0.159. The van der Waals surface area contributed by atoms with Crippen molar-refractivity contribution < 1.29 is 19.1 Å². The Bertz CT molecular complexity index is 225. The molecule has 0 N–H and O–H groups in total. The van der Waals surface area contributed by atoms with Crippen molar-refractivity contribution in [1.82, 2.24) is 4.90 Å². The molecule has 80 valence electrons. The van der Waals surface area contributed by atoms with Gasteiger partial charge < -0.3 is 9.47 Å². The second kappa shape index (κ2) is 4.83. The molecule has 0 atom stereocenters. The van der Waals surface area contributed by atoms with Crippen LogP contribution in [-0.4, -0.2) is 43.3 Å². The number of amides is 1. The molecule has 0 saturated heterocycles. The van der Waals surface area contributed by atoms with E-state index in [0.717, 1.165) is 12.8 Å². The minimum absolute atomic E-state index is 0.00875. The Morgan fingerprint density at radius 3 is 2.50 bits per heavy atom. The number of hydrogen-bond acceptors (Lipinski definition) is 4. The van der Waals surface area contributed by atoms with Crippen molar-refractivity contribution in [2.75, 3.05) is 20.3 Å². The first-order valence-corrected chi connectivity index (χ1v) is 4.69. The van der Waals surface area contributed by atoms with Crippen LogP contribution in [0.15, 0.2) is 0 Å². The molecule has 1 saturated carbocycles. The maximum Gasteiger partial charge on any atom is 0.410 e. The summed E-state index contributed by atoms with van der Waals surface area (Å²) in [7, 11) is 1.31. The first kappa shape index (κ1) is 10.8. The van der Waals surface area contributed by atoms with E-state index in [1.165, 1.54) is 12.0 Å². The van der Waals surface area contributed by atoms with E-state index >= 15 is 0 Å². The van der Waals surface area contributed by atoms with E-state index in [4.69, 9.17) is 4.74 Å². The average Bonchev–Trinajstić information content (AvgIpc) is 2.97. The fraction of sp³-hybridized carbons (Fsp3) is 0.778. The topological polar surface area (TPSA) is 55.8 Å². The number of nitrogens with zero attached hydrogens (tertiary/aromatic N) is 1. The second-order valence-electron chi connectivity index (χ2n) is 3.13. The summed E-state index contributed by atoms with van der Waals surface area (Å²) in [5, 5.41) is 0. The predicted octanol–water partition coefficient (Wildman–Crippen LogP) is 0.780. The van der Waals surface area contributed by atoms with Gasteiger partial charge in [-0.05, 0) is 19.8 Å². The van der Waals surface area contributed by atoms with E-state index in [1.807, 2.05) is 0 Å². The fourth-order valence-corrected chi connectivity index (χ4v) is 1.19. The summed E-state index contributed by atoms with van der Waals surface area (Å²) in [6.45, 7) is 2.06. The molecule has 0 unspecified atom stereocenters. The quantitative estimate of drug-likeness (QED) is 0.631. The third-order valence-corrected chi connectivity index (χ3v) is 2.00. The van der Waals surface area contributed by atoms with Crippen molar-refractivity contribution in [2.45, 2.75) is 25.8 Å². The normalized spacial score (nSPS) is 14.7. The molecule has 1 fully saturated rings. The van der Waals surface area contributed by atoms with Gasteiger partial charge in [0, 0.05) is 6.04 Å². The molecule has 1 amide bonds. The molecule has 0 aromatic rings. The van der Waals surface area contributed by atoms with Gasteiger partial charge in [-0.15, -0.1) is 0 Å². The molecule has 14 heavy (non-hydrogen) atoms. The lowest BCUT2D eigenvalue weighted by Gasteiger charge is -2.19. The van der Waals surface area contributed by atoms with Crippen LogP contribution in [0.25, 0.3) is 0 Å². The monoisotopic (exact) mass is 201 g/mol. The van der Waals surface area contributed by atoms with Crippen LogP contribution in [-0.2, 0) is 14.3 Å². The number of hydrogen-bond donors (Lipinski definition) is 0. The molecule has 0 bridgehead atoms. The number of esters is 1. The van der Waals surface area contributed by atoms with Crippen molar-refractivity contribution in [1.29, 1.82) is 0 Å². The Labute approximate surface area is 83.0 Å². The summed E-state index contributed by atoms with van der Waals surface area (Å²) in [6.07, 6.45) is 1.42. The summed E-state index contributed by atoms with van der Waals surface area (Å²) >= 11 is 0. The molecule has 0 aromatic carbocycles. The zero-order chi connectivity index (χ0) is 10.6. The Morgan fingerprint density at radius 2 is 2.07 bits per heavy atom. The van der Waals surface area contributed by atoms with Gasteiger partial charge >= 0.3 is 12.1 Å². The molecule has 0 heterocycles. The summed E-state index contributed by atoms with van der Waals surface area (Å²) in [5.74, 6) is -0.384. The van der Waals surface area contributed by atoms with E-state index < -0.39 is 6.09 Å². The highest BCUT2D eigenvalue weighted by atomic mass is 16.5. The molecule has 5 nitrogen and oxygen atoms in total. The third-order valence-electron chi connectivity index (χ3n) is 2.00. The molecule has 0 spiro atoms. The summed E-state index contributed by atoms with van der Waals surface area (Å²) in [4.78, 5) is 23.8. The van der Waals surface area contributed by atoms with Crippen LogP contribution >= 0.6 is 0 Å². The average molecular weight is 201 g/mol. The van der Waals surface area contributed by atoms with Crippen LogP contribution < -0.4 is 0 Å². The maximum atomic E-state index is 11.2. The van der Waals surface area contributed by atoms with E-state index in [1.54, 1.807) is 6.92 Å². The minimum Gasteiger partial charge on any atom is -0.465 e. The van der Waals surface area contributed by atoms with Gasteiger partial charge in [-0.2, -0.15) is 0 Å². The van der Waals surface area contributed by atoms with Crippen molar-refractivity contribution in [3.63, 3.8) is 0 Å². The number of carbonyl (C=O) groups is 2. The fourth-order valence-electron chi connectivity index (χ4n) is 1.19. The van der Waals surface area contributed by atoms with E-state index in [0.29, 0.717) is 6.61 Å². The Kier molecular flexibility index (Phi) is 3.73. The van der Waals surface area contributed by atoms with E-state index in [2.05, 4.69) is 4.74 Å². The largest absolute Gasteiger partial charge is 0.465 e. The first-order chi connectivity index (χ1) is 6.69. The number of rotatable bonds is 4. The van der Waals surface area contributed by atoms with Crippen molar-refractivity contribution in [3.05, 3.63) is 0 Å². The Hall–Kier alpha value is -1.26. The third kappa shape index (κ3) is 2.90. The van der Waals surface area contributed by atoms with Crippen LogP contribution in [0.5, 0.6) is 0 Å².